The number of rotatable bonds is 4. The molecule has 0 radical (unpaired) electrons. The Kier molecular flexibility index (Phi) is 5.89. The summed E-state index contributed by atoms with van der Waals surface area (Å²) in [4.78, 5) is 38.8. The Balaban J connectivity index is 1.80. The number of carbonyl (C=O) groups excluding carboxylic acids is 3. The van der Waals surface area contributed by atoms with Crippen LogP contribution < -0.4 is 16.2 Å². The van der Waals surface area contributed by atoms with Crippen molar-refractivity contribution in [2.45, 2.75) is 6.18 Å². The van der Waals surface area contributed by atoms with Gasteiger partial charge in [0.1, 0.15) is 0 Å². The lowest BCUT2D eigenvalue weighted by Crippen LogP contribution is -2.46. The van der Waals surface area contributed by atoms with Crippen LogP contribution in [0.5, 0.6) is 0 Å². The third-order valence-corrected chi connectivity index (χ3v) is 3.12. The Hall–Kier alpha value is -3.43. The highest BCUT2D eigenvalue weighted by molar-refractivity contribution is 5.97. The van der Waals surface area contributed by atoms with E-state index in [1.165, 1.54) is 18.5 Å². The minimum Gasteiger partial charge on any atom is -0.343 e. The molecule has 2 aromatic rings. The Morgan fingerprint density at radius 1 is 0.923 bits per heavy atom. The number of hydrogen-bond donors (Lipinski definition) is 3. The van der Waals surface area contributed by atoms with Gasteiger partial charge in [-0.15, -0.1) is 0 Å². The van der Waals surface area contributed by atoms with Crippen molar-refractivity contribution in [1.29, 1.82) is 0 Å². The monoisotopic (exact) mass is 366 g/mol. The van der Waals surface area contributed by atoms with Crippen LogP contribution in [0.4, 0.5) is 13.2 Å². The number of hydrogen-bond acceptors (Lipinski definition) is 4. The van der Waals surface area contributed by atoms with Gasteiger partial charge in [0.25, 0.3) is 17.7 Å². The van der Waals surface area contributed by atoms with E-state index >= 15 is 0 Å². The van der Waals surface area contributed by atoms with Gasteiger partial charge >= 0.3 is 6.18 Å². The van der Waals surface area contributed by atoms with E-state index in [4.69, 9.17) is 0 Å². The topological polar surface area (TPSA) is 100 Å². The Bertz CT molecular complexity index is 793. The molecule has 0 saturated carbocycles. The molecule has 7 nitrogen and oxygen atoms in total. The van der Waals surface area contributed by atoms with E-state index in [0.29, 0.717) is 0 Å². The summed E-state index contributed by atoms with van der Waals surface area (Å²) in [5, 5.41) is 2.22. The number of amides is 3. The minimum atomic E-state index is -4.50. The first kappa shape index (κ1) is 18.9. The van der Waals surface area contributed by atoms with Gasteiger partial charge in [0.15, 0.2) is 0 Å². The molecule has 0 aliphatic carbocycles. The number of nitrogens with one attached hydrogen (secondary N) is 3. The van der Waals surface area contributed by atoms with Gasteiger partial charge in [-0.2, -0.15) is 13.2 Å². The van der Waals surface area contributed by atoms with Crippen molar-refractivity contribution in [3.05, 3.63) is 65.5 Å². The lowest BCUT2D eigenvalue weighted by molar-refractivity contribution is -0.137. The largest absolute Gasteiger partial charge is 0.416 e. The molecule has 136 valence electrons. The number of alkyl halides is 3. The molecular formula is C16H13F3N4O3. The maximum absolute atomic E-state index is 12.5. The van der Waals surface area contributed by atoms with Gasteiger partial charge in [-0.25, -0.2) is 0 Å². The molecule has 26 heavy (non-hydrogen) atoms. The maximum atomic E-state index is 12.5. The van der Waals surface area contributed by atoms with Crippen LogP contribution in [0.25, 0.3) is 0 Å². The van der Waals surface area contributed by atoms with Crippen LogP contribution in [0.3, 0.4) is 0 Å². The van der Waals surface area contributed by atoms with Gasteiger partial charge in [-0.05, 0) is 36.4 Å². The van der Waals surface area contributed by atoms with Crippen molar-refractivity contribution in [2.24, 2.45) is 0 Å². The summed E-state index contributed by atoms with van der Waals surface area (Å²) in [6, 6.07) is 6.56. The third-order valence-electron chi connectivity index (χ3n) is 3.12. The van der Waals surface area contributed by atoms with Crippen LogP contribution in [0.1, 0.15) is 26.3 Å². The quantitative estimate of drug-likeness (QED) is 0.710. The number of carbonyl (C=O) groups is 3. The maximum Gasteiger partial charge on any atom is 0.416 e. The predicted octanol–water partition coefficient (Wildman–Crippen LogP) is 1.29. The second-order valence-electron chi connectivity index (χ2n) is 5.00. The number of hydrazine groups is 1. The van der Waals surface area contributed by atoms with Crippen molar-refractivity contribution in [1.82, 2.24) is 21.2 Å². The first-order valence-electron chi connectivity index (χ1n) is 7.22. The first-order valence-corrected chi connectivity index (χ1v) is 7.22. The van der Waals surface area contributed by atoms with E-state index in [9.17, 15) is 27.6 Å². The molecule has 3 amide bonds. The van der Waals surface area contributed by atoms with Gasteiger partial charge in [0, 0.05) is 18.0 Å². The number of aromatic nitrogens is 1. The zero-order valence-corrected chi connectivity index (χ0v) is 13.1. The van der Waals surface area contributed by atoms with Gasteiger partial charge in [-0.3, -0.25) is 30.2 Å². The number of halogens is 3. The van der Waals surface area contributed by atoms with Gasteiger partial charge in [-0.1, -0.05) is 0 Å². The van der Waals surface area contributed by atoms with E-state index in [2.05, 4.69) is 21.2 Å². The SMILES string of the molecule is O=C(CNC(=O)c1ccc(C(F)(F)F)cc1)NNC(=O)c1cccnc1. The lowest BCUT2D eigenvalue weighted by Gasteiger charge is -2.09. The van der Waals surface area contributed by atoms with E-state index < -0.39 is 36.0 Å². The molecule has 0 saturated heterocycles. The minimum absolute atomic E-state index is 0.0369. The Morgan fingerprint density at radius 3 is 2.19 bits per heavy atom. The summed E-state index contributed by atoms with van der Waals surface area (Å²) in [7, 11) is 0. The van der Waals surface area contributed by atoms with Crippen LogP contribution in [0, 0.1) is 0 Å². The predicted molar refractivity (Wildman–Crippen MR) is 83.6 cm³/mol. The van der Waals surface area contributed by atoms with Crippen molar-refractivity contribution in [3.63, 3.8) is 0 Å². The van der Waals surface area contributed by atoms with Crippen LogP contribution >= 0.6 is 0 Å². The van der Waals surface area contributed by atoms with Crippen molar-refractivity contribution >= 4 is 17.7 Å². The van der Waals surface area contributed by atoms with Gasteiger partial charge < -0.3 is 5.32 Å². The molecule has 0 bridgehead atoms. The van der Waals surface area contributed by atoms with Crippen LogP contribution in [-0.4, -0.2) is 29.3 Å². The molecule has 10 heteroatoms. The molecule has 0 aliphatic rings. The molecule has 0 atom stereocenters. The normalized spacial score (nSPS) is 10.7. The fourth-order valence-electron chi connectivity index (χ4n) is 1.81. The van der Waals surface area contributed by atoms with Crippen molar-refractivity contribution in [3.8, 4) is 0 Å². The number of nitrogens with zero attached hydrogens (tertiary/aromatic N) is 1. The highest BCUT2D eigenvalue weighted by Crippen LogP contribution is 2.28. The molecular weight excluding hydrogens is 353 g/mol. The van der Waals surface area contributed by atoms with Crippen LogP contribution in [0.2, 0.25) is 0 Å². The molecule has 1 heterocycles. The Labute approximate surface area is 145 Å². The molecule has 1 aromatic carbocycles. The average Bonchev–Trinajstić information content (AvgIpc) is 2.64. The Morgan fingerprint density at radius 2 is 1.62 bits per heavy atom. The summed E-state index contributed by atoms with van der Waals surface area (Å²) in [5.41, 5.74) is 3.52. The molecule has 0 fully saturated rings. The van der Waals surface area contributed by atoms with E-state index in [-0.39, 0.29) is 11.1 Å². The second kappa shape index (κ2) is 8.10. The van der Waals surface area contributed by atoms with E-state index in [1.807, 2.05) is 0 Å². The zero-order chi connectivity index (χ0) is 19.2. The molecule has 0 unspecified atom stereocenters. The molecule has 3 N–H and O–H groups in total. The standard InChI is InChI=1S/C16H13F3N4O3/c17-16(18,19)12-5-3-10(4-6-12)14(25)21-9-13(24)22-23-15(26)11-2-1-7-20-8-11/h1-8H,9H2,(H,21,25)(H,22,24)(H,23,26). The number of benzene rings is 1. The summed E-state index contributed by atoms with van der Waals surface area (Å²) < 4.78 is 37.4. The highest BCUT2D eigenvalue weighted by Gasteiger charge is 2.30. The fourth-order valence-corrected chi connectivity index (χ4v) is 1.81. The molecule has 0 spiro atoms. The lowest BCUT2D eigenvalue weighted by atomic mass is 10.1. The smallest absolute Gasteiger partial charge is 0.343 e. The van der Waals surface area contributed by atoms with E-state index in [0.717, 1.165) is 24.3 Å². The second-order valence-corrected chi connectivity index (χ2v) is 5.00. The van der Waals surface area contributed by atoms with E-state index in [1.54, 1.807) is 6.07 Å². The zero-order valence-electron chi connectivity index (χ0n) is 13.1. The molecule has 1 aromatic heterocycles. The summed E-state index contributed by atoms with van der Waals surface area (Å²) in [6.45, 7) is -0.479. The highest BCUT2D eigenvalue weighted by atomic mass is 19.4. The van der Waals surface area contributed by atoms with Crippen LogP contribution in [-0.2, 0) is 11.0 Å². The summed E-state index contributed by atoms with van der Waals surface area (Å²) >= 11 is 0. The fraction of sp³-hybridized carbons (Fsp3) is 0.125. The van der Waals surface area contributed by atoms with Crippen molar-refractivity contribution < 1.29 is 27.6 Å². The first-order chi connectivity index (χ1) is 12.3. The average molecular weight is 366 g/mol. The van der Waals surface area contributed by atoms with Gasteiger partial charge in [0.2, 0.25) is 0 Å². The molecule has 0 aliphatic heterocycles. The summed E-state index contributed by atoms with van der Waals surface area (Å²) in [6.07, 6.45) is -1.72. The number of pyridine rings is 1. The van der Waals surface area contributed by atoms with Crippen LogP contribution in [0.15, 0.2) is 48.8 Å². The third kappa shape index (κ3) is 5.30. The summed E-state index contributed by atoms with van der Waals surface area (Å²) in [5.74, 6) is -2.05. The molecule has 2 rings (SSSR count). The van der Waals surface area contributed by atoms with Crippen molar-refractivity contribution in [2.75, 3.05) is 6.54 Å². The van der Waals surface area contributed by atoms with Gasteiger partial charge in [0.05, 0.1) is 17.7 Å².